The van der Waals surface area contributed by atoms with Crippen molar-refractivity contribution in [3.63, 3.8) is 0 Å². The van der Waals surface area contributed by atoms with Crippen LogP contribution in [-0.2, 0) is 23.8 Å². The molecular formula is C15H15NO6. The zero-order valence-electron chi connectivity index (χ0n) is 12.0. The van der Waals surface area contributed by atoms with Gasteiger partial charge in [0.1, 0.15) is 19.5 Å². The molecule has 2 rings (SSSR count). The SMILES string of the molecule is CC(=O)c1ccc(NC(=O)COC(=O)C2=COCCO2)cc1. The molecule has 22 heavy (non-hydrogen) atoms. The predicted molar refractivity (Wildman–Crippen MR) is 76.0 cm³/mol. The summed E-state index contributed by atoms with van der Waals surface area (Å²) in [6.07, 6.45) is 1.16. The van der Waals surface area contributed by atoms with Crippen LogP contribution in [0.15, 0.2) is 36.3 Å². The molecule has 116 valence electrons. The summed E-state index contributed by atoms with van der Waals surface area (Å²) in [5, 5.41) is 2.55. The highest BCUT2D eigenvalue weighted by molar-refractivity contribution is 5.96. The second-order valence-electron chi connectivity index (χ2n) is 4.46. The number of ether oxygens (including phenoxy) is 3. The molecule has 0 aromatic heterocycles. The van der Waals surface area contributed by atoms with E-state index in [9.17, 15) is 14.4 Å². The number of anilines is 1. The largest absolute Gasteiger partial charge is 0.493 e. The van der Waals surface area contributed by atoms with Gasteiger partial charge >= 0.3 is 5.97 Å². The van der Waals surface area contributed by atoms with E-state index in [1.165, 1.54) is 6.92 Å². The lowest BCUT2D eigenvalue weighted by Crippen LogP contribution is -2.23. The lowest BCUT2D eigenvalue weighted by Gasteiger charge is -2.14. The van der Waals surface area contributed by atoms with E-state index >= 15 is 0 Å². The molecule has 0 saturated heterocycles. The molecule has 1 aromatic carbocycles. The maximum Gasteiger partial charge on any atom is 0.377 e. The maximum absolute atomic E-state index is 11.7. The van der Waals surface area contributed by atoms with Gasteiger partial charge in [0.2, 0.25) is 5.76 Å². The molecule has 0 bridgehead atoms. The average molecular weight is 305 g/mol. The van der Waals surface area contributed by atoms with Gasteiger partial charge in [-0.1, -0.05) is 0 Å². The topological polar surface area (TPSA) is 90.9 Å². The third kappa shape index (κ3) is 4.34. The number of hydrogen-bond donors (Lipinski definition) is 1. The van der Waals surface area contributed by atoms with E-state index in [1.807, 2.05) is 0 Å². The number of rotatable bonds is 5. The van der Waals surface area contributed by atoms with Crippen molar-refractivity contribution in [2.75, 3.05) is 25.1 Å². The van der Waals surface area contributed by atoms with Crippen LogP contribution in [0, 0.1) is 0 Å². The van der Waals surface area contributed by atoms with Crippen molar-refractivity contribution < 1.29 is 28.6 Å². The zero-order chi connectivity index (χ0) is 15.9. The van der Waals surface area contributed by atoms with Gasteiger partial charge in [0.05, 0.1) is 0 Å². The molecule has 0 unspecified atom stereocenters. The quantitative estimate of drug-likeness (QED) is 0.650. The Morgan fingerprint density at radius 3 is 2.50 bits per heavy atom. The molecule has 1 aliphatic rings. The second-order valence-corrected chi connectivity index (χ2v) is 4.46. The van der Waals surface area contributed by atoms with Crippen molar-refractivity contribution in [3.8, 4) is 0 Å². The zero-order valence-corrected chi connectivity index (χ0v) is 12.0. The highest BCUT2D eigenvalue weighted by atomic mass is 16.6. The van der Waals surface area contributed by atoms with E-state index in [4.69, 9.17) is 14.2 Å². The standard InChI is InChI=1S/C15H15NO6/c1-10(17)11-2-4-12(5-3-11)16-14(18)9-22-15(19)13-8-20-6-7-21-13/h2-5,8H,6-7,9H2,1H3,(H,16,18). The predicted octanol–water partition coefficient (Wildman–Crippen LogP) is 1.26. The molecule has 0 fully saturated rings. The Labute approximate surface area is 126 Å². The molecular weight excluding hydrogens is 290 g/mol. The first kappa shape index (κ1) is 15.6. The number of nitrogens with one attached hydrogen (secondary N) is 1. The summed E-state index contributed by atoms with van der Waals surface area (Å²) < 4.78 is 14.7. The first-order chi connectivity index (χ1) is 10.6. The third-order valence-electron chi connectivity index (χ3n) is 2.76. The minimum Gasteiger partial charge on any atom is -0.493 e. The van der Waals surface area contributed by atoms with E-state index in [1.54, 1.807) is 24.3 Å². The fraction of sp³-hybridized carbons (Fsp3) is 0.267. The number of benzene rings is 1. The molecule has 1 aliphatic heterocycles. The molecule has 0 radical (unpaired) electrons. The lowest BCUT2D eigenvalue weighted by atomic mass is 10.1. The minimum absolute atomic E-state index is 0.0604. The van der Waals surface area contributed by atoms with Gasteiger partial charge in [-0.25, -0.2) is 4.79 Å². The molecule has 1 aromatic rings. The van der Waals surface area contributed by atoms with Crippen molar-refractivity contribution in [2.45, 2.75) is 6.92 Å². The van der Waals surface area contributed by atoms with Gasteiger partial charge in [-0.2, -0.15) is 0 Å². The molecule has 0 atom stereocenters. The van der Waals surface area contributed by atoms with Crippen molar-refractivity contribution in [1.29, 1.82) is 0 Å². The third-order valence-corrected chi connectivity index (χ3v) is 2.76. The molecule has 0 aliphatic carbocycles. The maximum atomic E-state index is 11.7. The molecule has 0 spiro atoms. The van der Waals surface area contributed by atoms with Gasteiger partial charge in [0.15, 0.2) is 12.4 Å². The molecule has 7 heteroatoms. The van der Waals surface area contributed by atoms with Gasteiger partial charge in [-0.05, 0) is 31.2 Å². The number of ketones is 1. The molecule has 1 heterocycles. The van der Waals surface area contributed by atoms with Crippen LogP contribution >= 0.6 is 0 Å². The van der Waals surface area contributed by atoms with E-state index in [-0.39, 0.29) is 18.1 Å². The van der Waals surface area contributed by atoms with Crippen molar-refractivity contribution in [3.05, 3.63) is 41.9 Å². The van der Waals surface area contributed by atoms with E-state index < -0.39 is 18.5 Å². The molecule has 1 N–H and O–H groups in total. The van der Waals surface area contributed by atoms with E-state index in [0.29, 0.717) is 17.9 Å². The Morgan fingerprint density at radius 1 is 1.18 bits per heavy atom. The first-order valence-electron chi connectivity index (χ1n) is 6.59. The van der Waals surface area contributed by atoms with Crippen LogP contribution in [0.25, 0.3) is 0 Å². The summed E-state index contributed by atoms with van der Waals surface area (Å²) in [6, 6.07) is 6.39. The van der Waals surface area contributed by atoms with Crippen LogP contribution in [0.2, 0.25) is 0 Å². The highest BCUT2D eigenvalue weighted by Gasteiger charge is 2.17. The summed E-state index contributed by atoms with van der Waals surface area (Å²) >= 11 is 0. The van der Waals surface area contributed by atoms with E-state index in [2.05, 4.69) is 5.32 Å². The Hall–Kier alpha value is -2.83. The Balaban J connectivity index is 1.81. The monoisotopic (exact) mass is 305 g/mol. The smallest absolute Gasteiger partial charge is 0.377 e. The van der Waals surface area contributed by atoms with Gasteiger partial charge in [0.25, 0.3) is 5.91 Å². The molecule has 0 saturated carbocycles. The van der Waals surface area contributed by atoms with Crippen molar-refractivity contribution in [1.82, 2.24) is 0 Å². The summed E-state index contributed by atoms with van der Waals surface area (Å²) in [5.74, 6) is -1.39. The van der Waals surface area contributed by atoms with Gasteiger partial charge in [-0.3, -0.25) is 9.59 Å². The number of Topliss-reactive ketones (excluding diaryl/α,β-unsaturated/α-hetero) is 1. The normalized spacial score (nSPS) is 13.2. The van der Waals surface area contributed by atoms with Crippen LogP contribution in [-0.4, -0.2) is 37.5 Å². The lowest BCUT2D eigenvalue weighted by molar-refractivity contribution is -0.148. The van der Waals surface area contributed by atoms with Crippen LogP contribution in [0.5, 0.6) is 0 Å². The van der Waals surface area contributed by atoms with Crippen LogP contribution in [0.1, 0.15) is 17.3 Å². The van der Waals surface area contributed by atoms with Crippen molar-refractivity contribution >= 4 is 23.3 Å². The summed E-state index contributed by atoms with van der Waals surface area (Å²) in [7, 11) is 0. The van der Waals surface area contributed by atoms with Crippen LogP contribution < -0.4 is 5.32 Å². The first-order valence-corrected chi connectivity index (χ1v) is 6.59. The Kier molecular flexibility index (Phi) is 5.13. The van der Waals surface area contributed by atoms with E-state index in [0.717, 1.165) is 6.26 Å². The number of hydrogen-bond acceptors (Lipinski definition) is 6. The van der Waals surface area contributed by atoms with Crippen LogP contribution in [0.4, 0.5) is 5.69 Å². The minimum atomic E-state index is -0.762. The highest BCUT2D eigenvalue weighted by Crippen LogP contribution is 2.10. The fourth-order valence-corrected chi connectivity index (χ4v) is 1.66. The summed E-state index contributed by atoms with van der Waals surface area (Å²) in [4.78, 5) is 34.4. The van der Waals surface area contributed by atoms with Crippen molar-refractivity contribution in [2.24, 2.45) is 0 Å². The second kappa shape index (κ2) is 7.26. The van der Waals surface area contributed by atoms with Gasteiger partial charge in [0, 0.05) is 11.3 Å². The van der Waals surface area contributed by atoms with Gasteiger partial charge < -0.3 is 19.5 Å². The molecule has 1 amide bonds. The number of amides is 1. The Morgan fingerprint density at radius 2 is 1.91 bits per heavy atom. The van der Waals surface area contributed by atoms with Crippen LogP contribution in [0.3, 0.4) is 0 Å². The average Bonchev–Trinajstić information content (AvgIpc) is 2.54. The number of esters is 1. The number of carbonyl (C=O) groups excluding carboxylic acids is 3. The molecule has 7 nitrogen and oxygen atoms in total. The fourth-order valence-electron chi connectivity index (χ4n) is 1.66. The summed E-state index contributed by atoms with van der Waals surface area (Å²) in [5.41, 5.74) is 1.05. The number of carbonyl (C=O) groups is 3. The van der Waals surface area contributed by atoms with Gasteiger partial charge in [-0.15, -0.1) is 0 Å². The summed E-state index contributed by atoms with van der Waals surface area (Å²) in [6.45, 7) is 1.63. The Bertz CT molecular complexity index is 605.